The Bertz CT molecular complexity index is 1440. The Morgan fingerprint density at radius 1 is 0.971 bits per heavy atom. The van der Waals surface area contributed by atoms with Crippen LogP contribution in [0.2, 0.25) is 0 Å². The molecule has 3 heterocycles. The largest absolute Gasteiger partial charge is 0.326 e. The lowest BCUT2D eigenvalue weighted by molar-refractivity contribution is 0.102. The van der Waals surface area contributed by atoms with Gasteiger partial charge < -0.3 is 9.88 Å². The molecule has 2 aromatic carbocycles. The summed E-state index contributed by atoms with van der Waals surface area (Å²) in [5.41, 5.74) is 3.36. The van der Waals surface area contributed by atoms with Crippen molar-refractivity contribution >= 4 is 22.8 Å². The minimum absolute atomic E-state index is 0.140. The summed E-state index contributed by atoms with van der Waals surface area (Å²) in [5.74, 6) is -0.873. The number of imidazole rings is 1. The van der Waals surface area contributed by atoms with E-state index < -0.39 is 11.9 Å². The molecular weight excluding hydrogens is 443 g/mol. The quantitative estimate of drug-likeness (QED) is 0.332. The van der Waals surface area contributed by atoms with Crippen molar-refractivity contribution in [2.24, 2.45) is 0 Å². The first-order valence-corrected chi connectivity index (χ1v) is 11.6. The first-order valence-electron chi connectivity index (χ1n) is 11.6. The molecule has 7 nitrogen and oxygen atoms in total. The van der Waals surface area contributed by atoms with Crippen LogP contribution in [0, 0.1) is 5.95 Å². The van der Waals surface area contributed by atoms with Gasteiger partial charge in [-0.25, -0.2) is 4.98 Å². The maximum atomic E-state index is 15.0. The lowest BCUT2D eigenvalue weighted by Crippen LogP contribution is -2.15. The third-order valence-electron chi connectivity index (χ3n) is 6.02. The number of aryl methyl sites for hydroxylation is 2. The van der Waals surface area contributed by atoms with Gasteiger partial charge in [0.2, 0.25) is 5.95 Å². The Morgan fingerprint density at radius 3 is 2.20 bits per heavy atom. The second-order valence-corrected chi connectivity index (χ2v) is 8.18. The first-order chi connectivity index (χ1) is 17.1. The summed E-state index contributed by atoms with van der Waals surface area (Å²) in [5, 5.41) is 6.85. The number of amides is 1. The third-order valence-corrected chi connectivity index (χ3v) is 6.02. The highest BCUT2D eigenvalue weighted by molar-refractivity contribution is 6.05. The number of nitrogens with zero attached hydrogens (tertiary/aromatic N) is 5. The minimum Gasteiger partial charge on any atom is -0.326 e. The molecule has 1 N–H and O–H groups in total. The molecule has 1 amide bonds. The molecule has 0 aliphatic carbocycles. The van der Waals surface area contributed by atoms with E-state index in [0.29, 0.717) is 24.3 Å². The molecule has 0 radical (unpaired) electrons. The molecular formula is C27H25FN6O. The number of carbonyl (C=O) groups excluding carboxylic acids is 1. The van der Waals surface area contributed by atoms with Crippen LogP contribution < -0.4 is 5.32 Å². The second kappa shape index (κ2) is 9.50. The zero-order valence-electron chi connectivity index (χ0n) is 19.5. The molecule has 0 bridgehead atoms. The number of aromatic nitrogens is 5. The standard InChI is InChI=1S/C27H25FN6O/c1-3-33-17-20(16-29-33)30-27(35)21-15-22-25(31-24(21)28)32-26(34(22)4-2)23(18-11-7-5-8-12-18)19-13-9-6-10-14-19/h5-17,23H,3-4H2,1-2H3,(H,30,35). The van der Waals surface area contributed by atoms with Gasteiger partial charge >= 0.3 is 0 Å². The normalized spacial score (nSPS) is 11.3. The number of anilines is 1. The van der Waals surface area contributed by atoms with Crippen LogP contribution in [0.25, 0.3) is 11.2 Å². The Balaban J connectivity index is 1.61. The lowest BCUT2D eigenvalue weighted by atomic mass is 9.90. The van der Waals surface area contributed by atoms with Crippen molar-refractivity contribution in [3.8, 4) is 0 Å². The predicted molar refractivity (Wildman–Crippen MR) is 133 cm³/mol. The van der Waals surface area contributed by atoms with E-state index in [1.807, 2.05) is 54.8 Å². The average Bonchev–Trinajstić information content (AvgIpc) is 3.48. The van der Waals surface area contributed by atoms with Gasteiger partial charge in [0.05, 0.1) is 28.9 Å². The van der Waals surface area contributed by atoms with Crippen LogP contribution >= 0.6 is 0 Å². The Hall–Kier alpha value is -4.33. The van der Waals surface area contributed by atoms with E-state index in [-0.39, 0.29) is 17.1 Å². The third kappa shape index (κ3) is 4.30. The highest BCUT2D eigenvalue weighted by atomic mass is 19.1. The van der Waals surface area contributed by atoms with Crippen molar-refractivity contribution in [3.63, 3.8) is 0 Å². The molecule has 3 aromatic heterocycles. The molecule has 0 spiro atoms. The van der Waals surface area contributed by atoms with E-state index in [9.17, 15) is 9.18 Å². The zero-order valence-corrected chi connectivity index (χ0v) is 19.5. The smallest absolute Gasteiger partial charge is 0.260 e. The number of halogens is 1. The second-order valence-electron chi connectivity index (χ2n) is 8.18. The van der Waals surface area contributed by atoms with E-state index in [4.69, 9.17) is 4.98 Å². The van der Waals surface area contributed by atoms with Crippen molar-refractivity contribution in [1.82, 2.24) is 24.3 Å². The molecule has 0 fully saturated rings. The van der Waals surface area contributed by atoms with Crippen LogP contribution in [-0.4, -0.2) is 30.2 Å². The number of fused-ring (bicyclic) bond motifs is 1. The van der Waals surface area contributed by atoms with Gasteiger partial charge in [-0.3, -0.25) is 9.48 Å². The summed E-state index contributed by atoms with van der Waals surface area (Å²) in [7, 11) is 0. The molecule has 0 saturated heterocycles. The van der Waals surface area contributed by atoms with Gasteiger partial charge in [-0.05, 0) is 31.0 Å². The Kier molecular flexibility index (Phi) is 6.10. The first kappa shape index (κ1) is 22.5. The minimum atomic E-state index is -0.860. The highest BCUT2D eigenvalue weighted by Crippen LogP contribution is 2.33. The van der Waals surface area contributed by atoms with Gasteiger partial charge in [-0.15, -0.1) is 0 Å². The predicted octanol–water partition coefficient (Wildman–Crippen LogP) is 5.24. The fraction of sp³-hybridized carbons (Fsp3) is 0.185. The number of rotatable bonds is 7. The highest BCUT2D eigenvalue weighted by Gasteiger charge is 2.26. The Labute approximate surface area is 202 Å². The maximum Gasteiger partial charge on any atom is 0.260 e. The summed E-state index contributed by atoms with van der Waals surface area (Å²) in [6.07, 6.45) is 3.23. The van der Waals surface area contributed by atoms with Crippen LogP contribution in [0.3, 0.4) is 0 Å². The van der Waals surface area contributed by atoms with E-state index >= 15 is 0 Å². The summed E-state index contributed by atoms with van der Waals surface area (Å²) in [6.45, 7) is 5.19. The number of benzene rings is 2. The Morgan fingerprint density at radius 2 is 1.63 bits per heavy atom. The molecule has 0 aliphatic rings. The molecule has 0 unspecified atom stereocenters. The number of carbonyl (C=O) groups is 1. The molecule has 176 valence electrons. The number of hydrogen-bond acceptors (Lipinski definition) is 4. The SMILES string of the molecule is CCn1cc(NC(=O)c2cc3c(nc2F)nc(C(c2ccccc2)c2ccccc2)n3CC)cn1. The summed E-state index contributed by atoms with van der Waals surface area (Å²) >= 11 is 0. The van der Waals surface area contributed by atoms with Crippen molar-refractivity contribution in [2.45, 2.75) is 32.9 Å². The van der Waals surface area contributed by atoms with Crippen molar-refractivity contribution < 1.29 is 9.18 Å². The lowest BCUT2D eigenvalue weighted by Gasteiger charge is -2.19. The monoisotopic (exact) mass is 468 g/mol. The number of nitrogens with one attached hydrogen (secondary N) is 1. The molecule has 5 aromatic rings. The molecule has 0 atom stereocenters. The van der Waals surface area contributed by atoms with Crippen LogP contribution in [0.15, 0.2) is 79.1 Å². The van der Waals surface area contributed by atoms with Crippen molar-refractivity contribution in [2.75, 3.05) is 5.32 Å². The van der Waals surface area contributed by atoms with E-state index in [1.165, 1.54) is 12.3 Å². The molecule has 35 heavy (non-hydrogen) atoms. The molecule has 5 rings (SSSR count). The van der Waals surface area contributed by atoms with Gasteiger partial charge in [0, 0.05) is 19.3 Å². The van der Waals surface area contributed by atoms with E-state index in [0.717, 1.165) is 17.0 Å². The van der Waals surface area contributed by atoms with Crippen LogP contribution in [-0.2, 0) is 13.1 Å². The molecule has 0 aliphatic heterocycles. The molecule has 8 heteroatoms. The van der Waals surface area contributed by atoms with Gasteiger partial charge in [-0.1, -0.05) is 60.7 Å². The average molecular weight is 469 g/mol. The fourth-order valence-electron chi connectivity index (χ4n) is 4.34. The van der Waals surface area contributed by atoms with Crippen molar-refractivity contribution in [1.29, 1.82) is 0 Å². The van der Waals surface area contributed by atoms with Gasteiger partial charge in [0.25, 0.3) is 5.91 Å². The van der Waals surface area contributed by atoms with E-state index in [2.05, 4.69) is 39.7 Å². The zero-order chi connectivity index (χ0) is 24.4. The topological polar surface area (TPSA) is 77.6 Å². The number of pyridine rings is 1. The van der Waals surface area contributed by atoms with Crippen LogP contribution in [0.5, 0.6) is 0 Å². The van der Waals surface area contributed by atoms with Gasteiger partial charge in [-0.2, -0.15) is 14.5 Å². The van der Waals surface area contributed by atoms with Gasteiger partial charge in [0.1, 0.15) is 5.82 Å². The summed E-state index contributed by atoms with van der Waals surface area (Å²) in [4.78, 5) is 21.7. The number of hydrogen-bond donors (Lipinski definition) is 1. The van der Waals surface area contributed by atoms with Crippen LogP contribution in [0.4, 0.5) is 10.1 Å². The molecule has 0 saturated carbocycles. The van der Waals surface area contributed by atoms with Gasteiger partial charge in [0.15, 0.2) is 5.65 Å². The maximum absolute atomic E-state index is 15.0. The summed E-state index contributed by atoms with van der Waals surface area (Å²) < 4.78 is 18.7. The van der Waals surface area contributed by atoms with Crippen molar-refractivity contribution in [3.05, 3.63) is 108 Å². The fourth-order valence-corrected chi connectivity index (χ4v) is 4.34. The van der Waals surface area contributed by atoms with Crippen LogP contribution in [0.1, 0.15) is 47.1 Å². The summed E-state index contributed by atoms with van der Waals surface area (Å²) in [6, 6.07) is 21.7. The van der Waals surface area contributed by atoms with E-state index in [1.54, 1.807) is 10.9 Å².